The van der Waals surface area contributed by atoms with Crippen molar-refractivity contribution in [2.45, 2.75) is 4.90 Å². The lowest BCUT2D eigenvalue weighted by atomic mass is 10.0. The summed E-state index contributed by atoms with van der Waals surface area (Å²) in [6.45, 7) is 0. The molecule has 0 saturated carbocycles. The minimum Gasteiger partial charge on any atom is -0.326 e. The summed E-state index contributed by atoms with van der Waals surface area (Å²) >= 11 is 5.70. The van der Waals surface area contributed by atoms with E-state index in [4.69, 9.17) is 11.6 Å². The molecule has 1 heterocycles. The Bertz CT molecular complexity index is 1130. The molecule has 134 valence electrons. The third kappa shape index (κ3) is 3.61. The summed E-state index contributed by atoms with van der Waals surface area (Å²) in [6, 6.07) is 10.8. The van der Waals surface area contributed by atoms with Crippen LogP contribution in [0.15, 0.2) is 64.4 Å². The van der Waals surface area contributed by atoms with Crippen LogP contribution < -0.4 is 10.3 Å². The first kappa shape index (κ1) is 18.1. The Kier molecular flexibility index (Phi) is 4.80. The number of H-pyrrole nitrogens is 1. The fraction of sp³-hybridized carbons (Fsp3) is 0. The number of halogens is 3. The highest BCUT2D eigenvalue weighted by molar-refractivity contribution is 7.92. The minimum atomic E-state index is -4.44. The second kappa shape index (κ2) is 6.89. The Labute approximate surface area is 152 Å². The molecule has 0 aliphatic heterocycles. The lowest BCUT2D eigenvalue weighted by molar-refractivity contribution is 0.584. The highest BCUT2D eigenvalue weighted by atomic mass is 35.5. The van der Waals surface area contributed by atoms with Crippen LogP contribution in [0.1, 0.15) is 0 Å². The van der Waals surface area contributed by atoms with Crippen LogP contribution in [-0.4, -0.2) is 13.4 Å². The minimum absolute atomic E-state index is 0.00436. The molecule has 3 aromatic rings. The van der Waals surface area contributed by atoms with E-state index in [-0.39, 0.29) is 10.6 Å². The molecule has 0 amide bonds. The summed E-state index contributed by atoms with van der Waals surface area (Å²) in [5.41, 5.74) is -0.979. The zero-order valence-electron chi connectivity index (χ0n) is 13.0. The molecule has 5 nitrogen and oxygen atoms in total. The first-order chi connectivity index (χ1) is 12.3. The zero-order chi connectivity index (χ0) is 18.9. The van der Waals surface area contributed by atoms with Gasteiger partial charge in [0, 0.05) is 17.8 Å². The molecule has 26 heavy (non-hydrogen) atoms. The van der Waals surface area contributed by atoms with Crippen molar-refractivity contribution in [2.24, 2.45) is 0 Å². The van der Waals surface area contributed by atoms with Gasteiger partial charge in [-0.15, -0.1) is 0 Å². The number of nitrogens with one attached hydrogen (secondary N) is 2. The molecule has 0 bridgehead atoms. The van der Waals surface area contributed by atoms with Crippen molar-refractivity contribution in [3.8, 4) is 11.1 Å². The average Bonchev–Trinajstić information content (AvgIpc) is 2.60. The second-order valence-electron chi connectivity index (χ2n) is 5.29. The maximum Gasteiger partial charge on any atom is 0.268 e. The van der Waals surface area contributed by atoms with Gasteiger partial charge in [-0.2, -0.15) is 0 Å². The maximum atomic E-state index is 14.1. The monoisotopic (exact) mass is 396 g/mol. The molecule has 0 spiro atoms. The summed E-state index contributed by atoms with van der Waals surface area (Å²) in [6.07, 6.45) is 1.12. The van der Waals surface area contributed by atoms with Gasteiger partial charge in [-0.05, 0) is 17.7 Å². The molecule has 0 fully saturated rings. The van der Waals surface area contributed by atoms with Crippen LogP contribution in [0.3, 0.4) is 0 Å². The van der Waals surface area contributed by atoms with Crippen LogP contribution in [0.4, 0.5) is 14.5 Å². The number of sulfonamides is 1. The quantitative estimate of drug-likeness (QED) is 0.704. The van der Waals surface area contributed by atoms with Gasteiger partial charge < -0.3 is 4.98 Å². The van der Waals surface area contributed by atoms with E-state index in [1.54, 1.807) is 30.3 Å². The summed E-state index contributed by atoms with van der Waals surface area (Å²) in [5, 5.41) is -0.0190. The third-order valence-electron chi connectivity index (χ3n) is 3.51. The summed E-state index contributed by atoms with van der Waals surface area (Å²) < 4.78 is 55.0. The number of pyridine rings is 1. The highest BCUT2D eigenvalue weighted by Gasteiger charge is 2.22. The van der Waals surface area contributed by atoms with Gasteiger partial charge in [-0.25, -0.2) is 17.2 Å². The van der Waals surface area contributed by atoms with Crippen molar-refractivity contribution in [2.75, 3.05) is 4.72 Å². The standard InChI is InChI=1S/C17H11ClF2N2O3S/c18-11-6-16(17(23)21-9-11)26(24,25)22-15-7-12(13(19)8-14(15)20)10-4-2-1-3-5-10/h1-9,22H,(H,21,23). The van der Waals surface area contributed by atoms with Crippen molar-refractivity contribution < 1.29 is 17.2 Å². The van der Waals surface area contributed by atoms with Gasteiger partial charge in [0.25, 0.3) is 15.6 Å². The van der Waals surface area contributed by atoms with E-state index in [0.717, 1.165) is 18.3 Å². The normalized spacial score (nSPS) is 11.3. The smallest absolute Gasteiger partial charge is 0.268 e. The van der Waals surface area contributed by atoms with Crippen LogP contribution >= 0.6 is 11.6 Å². The number of aromatic nitrogens is 1. The topological polar surface area (TPSA) is 79.0 Å². The Morgan fingerprint density at radius 1 is 1.00 bits per heavy atom. The van der Waals surface area contributed by atoms with E-state index in [9.17, 15) is 22.0 Å². The van der Waals surface area contributed by atoms with Crippen LogP contribution in [0.5, 0.6) is 0 Å². The largest absolute Gasteiger partial charge is 0.326 e. The fourth-order valence-electron chi connectivity index (χ4n) is 2.30. The molecule has 1 aromatic heterocycles. The van der Waals surface area contributed by atoms with Crippen molar-refractivity contribution in [1.82, 2.24) is 4.98 Å². The number of aromatic amines is 1. The van der Waals surface area contributed by atoms with Gasteiger partial charge in [0.05, 0.1) is 10.7 Å². The molecular formula is C17H11ClF2N2O3S. The lowest BCUT2D eigenvalue weighted by Crippen LogP contribution is -2.23. The predicted octanol–water partition coefficient (Wildman–Crippen LogP) is 3.77. The van der Waals surface area contributed by atoms with Gasteiger partial charge in [0.2, 0.25) is 0 Å². The lowest BCUT2D eigenvalue weighted by Gasteiger charge is -2.11. The van der Waals surface area contributed by atoms with Crippen molar-refractivity contribution in [3.63, 3.8) is 0 Å². The summed E-state index contributed by atoms with van der Waals surface area (Å²) in [4.78, 5) is 13.2. The highest BCUT2D eigenvalue weighted by Crippen LogP contribution is 2.29. The van der Waals surface area contributed by atoms with Crippen LogP contribution in [0, 0.1) is 11.6 Å². The molecular weight excluding hydrogens is 386 g/mol. The molecule has 0 aliphatic rings. The Morgan fingerprint density at radius 2 is 1.69 bits per heavy atom. The second-order valence-corrected chi connectivity index (χ2v) is 7.38. The number of hydrogen-bond acceptors (Lipinski definition) is 3. The van der Waals surface area contributed by atoms with E-state index >= 15 is 0 Å². The Hall–Kier alpha value is -2.71. The summed E-state index contributed by atoms with van der Waals surface area (Å²) in [5.74, 6) is -1.97. The van der Waals surface area contributed by atoms with Crippen molar-refractivity contribution >= 4 is 27.3 Å². The van der Waals surface area contributed by atoms with Crippen LogP contribution in [0.25, 0.3) is 11.1 Å². The predicted molar refractivity (Wildman–Crippen MR) is 94.7 cm³/mol. The molecule has 0 unspecified atom stereocenters. The first-order valence-electron chi connectivity index (χ1n) is 7.23. The van der Waals surface area contributed by atoms with E-state index in [2.05, 4.69) is 4.98 Å². The number of hydrogen-bond donors (Lipinski definition) is 2. The fourth-order valence-corrected chi connectivity index (χ4v) is 3.67. The van der Waals surface area contributed by atoms with Crippen LogP contribution in [0.2, 0.25) is 5.02 Å². The van der Waals surface area contributed by atoms with Gasteiger partial charge in [0.15, 0.2) is 4.90 Å². The molecule has 2 aromatic carbocycles. The molecule has 3 rings (SSSR count). The van der Waals surface area contributed by atoms with E-state index in [1.807, 2.05) is 4.72 Å². The Morgan fingerprint density at radius 3 is 2.38 bits per heavy atom. The van der Waals surface area contributed by atoms with Crippen molar-refractivity contribution in [1.29, 1.82) is 0 Å². The van der Waals surface area contributed by atoms with Gasteiger partial charge >= 0.3 is 0 Å². The molecule has 0 saturated heterocycles. The van der Waals surface area contributed by atoms with Gasteiger partial charge in [-0.1, -0.05) is 41.9 Å². The maximum absolute atomic E-state index is 14.1. The van der Waals surface area contributed by atoms with E-state index in [1.165, 1.54) is 0 Å². The number of benzene rings is 2. The third-order valence-corrected chi connectivity index (χ3v) is 5.10. The van der Waals surface area contributed by atoms with Gasteiger partial charge in [-0.3, -0.25) is 9.52 Å². The molecule has 0 atom stereocenters. The van der Waals surface area contributed by atoms with E-state index < -0.39 is 37.8 Å². The SMILES string of the molecule is O=c1[nH]cc(Cl)cc1S(=O)(=O)Nc1cc(-c2ccccc2)c(F)cc1F. The van der Waals surface area contributed by atoms with Gasteiger partial charge in [0.1, 0.15) is 11.6 Å². The van der Waals surface area contributed by atoms with Crippen molar-refractivity contribution in [3.05, 3.63) is 81.7 Å². The molecule has 0 radical (unpaired) electrons. The molecule has 9 heteroatoms. The Balaban J connectivity index is 2.07. The number of anilines is 1. The molecule has 2 N–H and O–H groups in total. The average molecular weight is 397 g/mol. The molecule has 0 aliphatic carbocycles. The summed E-state index contributed by atoms with van der Waals surface area (Å²) in [7, 11) is -4.44. The first-order valence-corrected chi connectivity index (χ1v) is 9.09. The number of rotatable bonds is 4. The van der Waals surface area contributed by atoms with E-state index in [0.29, 0.717) is 11.6 Å². The van der Waals surface area contributed by atoms with Crippen LogP contribution in [-0.2, 0) is 10.0 Å². The zero-order valence-corrected chi connectivity index (χ0v) is 14.5.